The molecule has 1 atom stereocenters. The van der Waals surface area contributed by atoms with Crippen LogP contribution in [0.5, 0.6) is 0 Å². The Kier molecular flexibility index (Phi) is 6.32. The van der Waals surface area contributed by atoms with Crippen molar-refractivity contribution in [2.75, 3.05) is 12.3 Å². The fourth-order valence-electron chi connectivity index (χ4n) is 2.89. The van der Waals surface area contributed by atoms with Crippen LogP contribution in [0.3, 0.4) is 0 Å². The summed E-state index contributed by atoms with van der Waals surface area (Å²) in [4.78, 5) is 34.3. The van der Waals surface area contributed by atoms with E-state index in [4.69, 9.17) is 10.5 Å². The average molecular weight is 349 g/mol. The number of ether oxygens (including phenoxy) is 1. The molecule has 1 aromatic carbocycles. The van der Waals surface area contributed by atoms with E-state index in [0.717, 1.165) is 18.9 Å². The molecule has 8 nitrogen and oxygen atoms in total. The minimum absolute atomic E-state index is 0.0205. The highest BCUT2D eigenvalue weighted by Gasteiger charge is 2.22. The highest BCUT2D eigenvalue weighted by molar-refractivity contribution is 5.93. The molecule has 0 saturated heterocycles. The predicted molar refractivity (Wildman–Crippen MR) is 92.0 cm³/mol. The number of anilines is 1. The lowest BCUT2D eigenvalue weighted by molar-refractivity contribution is -0.383. The third kappa shape index (κ3) is 5.17. The standard InChI is InChI=1S/C17H23N3O5/c1-11(16(21)19-10-12-5-3-2-4-6-12)25-17(22)13-7-8-14(18)15(9-13)20(23)24/h7-9,11-12H,2-6,10,18H2,1H3,(H,19,21)/t11-/m0/s1. The second-order valence-electron chi connectivity index (χ2n) is 6.33. The van der Waals surface area contributed by atoms with Crippen molar-refractivity contribution in [2.45, 2.75) is 45.1 Å². The van der Waals surface area contributed by atoms with Crippen LogP contribution in [-0.4, -0.2) is 29.4 Å². The zero-order valence-electron chi connectivity index (χ0n) is 14.2. The zero-order chi connectivity index (χ0) is 18.4. The van der Waals surface area contributed by atoms with Gasteiger partial charge in [0.2, 0.25) is 0 Å². The molecule has 136 valence electrons. The van der Waals surface area contributed by atoms with E-state index in [0.29, 0.717) is 12.5 Å². The Morgan fingerprint density at radius 3 is 2.68 bits per heavy atom. The summed E-state index contributed by atoms with van der Waals surface area (Å²) in [5.74, 6) is -0.701. The Bertz CT molecular complexity index is 656. The van der Waals surface area contributed by atoms with E-state index in [1.165, 1.54) is 38.3 Å². The molecule has 0 radical (unpaired) electrons. The van der Waals surface area contributed by atoms with Gasteiger partial charge in [0.05, 0.1) is 10.5 Å². The molecule has 0 unspecified atom stereocenters. The molecule has 25 heavy (non-hydrogen) atoms. The number of nitro benzene ring substituents is 1. The molecule has 1 aliphatic rings. The molecule has 1 fully saturated rings. The Morgan fingerprint density at radius 1 is 1.36 bits per heavy atom. The molecule has 1 amide bonds. The lowest BCUT2D eigenvalue weighted by Gasteiger charge is -2.22. The maximum atomic E-state index is 12.1. The molecular formula is C17H23N3O5. The van der Waals surface area contributed by atoms with Gasteiger partial charge in [-0.05, 0) is 37.8 Å². The number of nitrogen functional groups attached to an aromatic ring is 1. The summed E-state index contributed by atoms with van der Waals surface area (Å²) < 4.78 is 5.10. The Labute approximate surface area is 145 Å². The second kappa shape index (κ2) is 8.46. The van der Waals surface area contributed by atoms with Gasteiger partial charge in [-0.3, -0.25) is 14.9 Å². The first-order valence-electron chi connectivity index (χ1n) is 8.41. The maximum absolute atomic E-state index is 12.1. The van der Waals surface area contributed by atoms with Gasteiger partial charge in [-0.1, -0.05) is 19.3 Å². The molecule has 1 aliphatic carbocycles. The maximum Gasteiger partial charge on any atom is 0.339 e. The number of nitrogens with two attached hydrogens (primary N) is 1. The summed E-state index contributed by atoms with van der Waals surface area (Å²) in [7, 11) is 0. The first kappa shape index (κ1) is 18.7. The Hall–Kier alpha value is -2.64. The Balaban J connectivity index is 1.89. The first-order chi connectivity index (χ1) is 11.9. The largest absolute Gasteiger partial charge is 0.449 e. The van der Waals surface area contributed by atoms with Gasteiger partial charge in [-0.2, -0.15) is 0 Å². The summed E-state index contributed by atoms with van der Waals surface area (Å²) in [5.41, 5.74) is 5.06. The molecule has 0 aliphatic heterocycles. The lowest BCUT2D eigenvalue weighted by Crippen LogP contribution is -2.38. The Morgan fingerprint density at radius 2 is 2.04 bits per heavy atom. The van der Waals surface area contributed by atoms with Gasteiger partial charge in [0.1, 0.15) is 5.69 Å². The van der Waals surface area contributed by atoms with Crippen LogP contribution in [0, 0.1) is 16.0 Å². The van der Waals surface area contributed by atoms with E-state index in [2.05, 4.69) is 5.32 Å². The number of carbonyl (C=O) groups is 2. The molecule has 1 aromatic rings. The monoisotopic (exact) mass is 349 g/mol. The normalized spacial score (nSPS) is 16.0. The van der Waals surface area contributed by atoms with Crippen molar-refractivity contribution in [3.63, 3.8) is 0 Å². The zero-order valence-corrected chi connectivity index (χ0v) is 14.2. The fraction of sp³-hybridized carbons (Fsp3) is 0.529. The number of rotatable bonds is 6. The van der Waals surface area contributed by atoms with Gasteiger partial charge in [0, 0.05) is 12.6 Å². The van der Waals surface area contributed by atoms with Crippen molar-refractivity contribution < 1.29 is 19.2 Å². The van der Waals surface area contributed by atoms with Crippen LogP contribution in [0.2, 0.25) is 0 Å². The molecule has 0 spiro atoms. The predicted octanol–water partition coefficient (Wildman–Crippen LogP) is 2.42. The minimum Gasteiger partial charge on any atom is -0.449 e. The summed E-state index contributed by atoms with van der Waals surface area (Å²) in [5, 5.41) is 13.7. The molecule has 0 aromatic heterocycles. The number of amides is 1. The van der Waals surface area contributed by atoms with E-state index in [1.807, 2.05) is 0 Å². The van der Waals surface area contributed by atoms with Crippen LogP contribution < -0.4 is 11.1 Å². The summed E-state index contributed by atoms with van der Waals surface area (Å²) in [6.07, 6.45) is 4.83. The van der Waals surface area contributed by atoms with Gasteiger partial charge in [0.15, 0.2) is 6.10 Å². The van der Waals surface area contributed by atoms with Crippen molar-refractivity contribution in [3.8, 4) is 0 Å². The SMILES string of the molecule is C[C@H](OC(=O)c1ccc(N)c([N+](=O)[O-])c1)C(=O)NCC1CCCCC1. The van der Waals surface area contributed by atoms with E-state index in [1.54, 1.807) is 0 Å². The molecule has 8 heteroatoms. The summed E-state index contributed by atoms with van der Waals surface area (Å²) >= 11 is 0. The quantitative estimate of drug-likeness (QED) is 0.352. The van der Waals surface area contributed by atoms with Gasteiger partial charge < -0.3 is 15.8 Å². The van der Waals surface area contributed by atoms with Crippen molar-refractivity contribution in [1.82, 2.24) is 5.32 Å². The van der Waals surface area contributed by atoms with Crippen LogP contribution in [0.25, 0.3) is 0 Å². The summed E-state index contributed by atoms with van der Waals surface area (Å²) in [6, 6.07) is 3.64. The molecular weight excluding hydrogens is 326 g/mol. The van der Waals surface area contributed by atoms with Crippen LogP contribution in [0.4, 0.5) is 11.4 Å². The topological polar surface area (TPSA) is 125 Å². The minimum atomic E-state index is -0.979. The number of esters is 1. The van der Waals surface area contributed by atoms with Gasteiger partial charge in [0.25, 0.3) is 11.6 Å². The van der Waals surface area contributed by atoms with Crippen LogP contribution in [0.1, 0.15) is 49.4 Å². The van der Waals surface area contributed by atoms with Crippen LogP contribution >= 0.6 is 0 Å². The molecule has 1 saturated carbocycles. The van der Waals surface area contributed by atoms with Crippen LogP contribution in [-0.2, 0) is 9.53 Å². The average Bonchev–Trinajstić information content (AvgIpc) is 2.60. The number of nitro groups is 1. The van der Waals surface area contributed by atoms with E-state index in [-0.39, 0.29) is 22.8 Å². The van der Waals surface area contributed by atoms with Crippen molar-refractivity contribution in [2.24, 2.45) is 5.92 Å². The van der Waals surface area contributed by atoms with Gasteiger partial charge >= 0.3 is 5.97 Å². The number of benzene rings is 1. The summed E-state index contributed by atoms with van der Waals surface area (Å²) in [6.45, 7) is 2.05. The first-order valence-corrected chi connectivity index (χ1v) is 8.41. The van der Waals surface area contributed by atoms with E-state index < -0.39 is 17.0 Å². The smallest absolute Gasteiger partial charge is 0.339 e. The highest BCUT2D eigenvalue weighted by Crippen LogP contribution is 2.24. The highest BCUT2D eigenvalue weighted by atomic mass is 16.6. The van der Waals surface area contributed by atoms with Gasteiger partial charge in [-0.25, -0.2) is 4.79 Å². The van der Waals surface area contributed by atoms with E-state index in [9.17, 15) is 19.7 Å². The van der Waals surface area contributed by atoms with Gasteiger partial charge in [-0.15, -0.1) is 0 Å². The van der Waals surface area contributed by atoms with Crippen molar-refractivity contribution >= 4 is 23.3 Å². The lowest BCUT2D eigenvalue weighted by atomic mass is 9.89. The number of hydrogen-bond donors (Lipinski definition) is 2. The number of carbonyl (C=O) groups excluding carboxylic acids is 2. The molecule has 0 heterocycles. The molecule has 0 bridgehead atoms. The van der Waals surface area contributed by atoms with Crippen LogP contribution in [0.15, 0.2) is 18.2 Å². The number of nitrogens with zero attached hydrogens (tertiary/aromatic N) is 1. The second-order valence-corrected chi connectivity index (χ2v) is 6.33. The third-order valence-electron chi connectivity index (χ3n) is 4.41. The molecule has 2 rings (SSSR count). The fourth-order valence-corrected chi connectivity index (χ4v) is 2.89. The van der Waals surface area contributed by atoms with Crippen molar-refractivity contribution in [3.05, 3.63) is 33.9 Å². The molecule has 3 N–H and O–H groups in total. The van der Waals surface area contributed by atoms with Crippen molar-refractivity contribution in [1.29, 1.82) is 0 Å². The van der Waals surface area contributed by atoms with E-state index >= 15 is 0 Å². The number of nitrogens with one attached hydrogen (secondary N) is 1. The third-order valence-corrected chi connectivity index (χ3v) is 4.41. The number of hydrogen-bond acceptors (Lipinski definition) is 6.